The molecule has 0 aliphatic heterocycles. The van der Waals surface area contributed by atoms with Crippen molar-refractivity contribution in [1.29, 1.82) is 0 Å². The van der Waals surface area contributed by atoms with E-state index in [1.54, 1.807) is 0 Å². The normalized spacial score (nSPS) is 12.1. The number of carbonyl (C=O) groups excluding carboxylic acids is 1. The number of amides is 1. The molecule has 0 radical (unpaired) electrons. The van der Waals surface area contributed by atoms with Gasteiger partial charge in [0.1, 0.15) is 0 Å². The molecule has 3 heteroatoms. The van der Waals surface area contributed by atoms with Gasteiger partial charge in [0, 0.05) is 6.54 Å². The Labute approximate surface area is 103 Å². The molecule has 0 saturated carbocycles. The second kappa shape index (κ2) is 7.85. The average molecular weight is 234 g/mol. The molecule has 0 spiro atoms. The summed E-state index contributed by atoms with van der Waals surface area (Å²) in [5.74, 6) is 0.589. The molecular weight excluding hydrogens is 212 g/mol. The number of hydrogen-bond acceptors (Lipinski definition) is 2. The predicted octanol–water partition coefficient (Wildman–Crippen LogP) is 1.72. The van der Waals surface area contributed by atoms with Gasteiger partial charge in [0.2, 0.25) is 5.91 Å². The summed E-state index contributed by atoms with van der Waals surface area (Å²) < 4.78 is 0. The van der Waals surface area contributed by atoms with Crippen LogP contribution >= 0.6 is 0 Å². The highest BCUT2D eigenvalue weighted by Gasteiger charge is 2.08. The Bertz CT molecular complexity index is 324. The van der Waals surface area contributed by atoms with Crippen molar-refractivity contribution in [2.45, 2.75) is 26.2 Å². The van der Waals surface area contributed by atoms with Gasteiger partial charge >= 0.3 is 0 Å². The predicted molar refractivity (Wildman–Crippen MR) is 70.6 cm³/mol. The molecule has 0 fully saturated rings. The quantitative estimate of drug-likeness (QED) is 0.754. The third-order valence-electron chi connectivity index (χ3n) is 2.95. The first-order valence-corrected chi connectivity index (χ1v) is 6.27. The molecule has 3 N–H and O–H groups in total. The fraction of sp³-hybridized carbons (Fsp3) is 0.500. The minimum atomic E-state index is 0.0895. The molecule has 17 heavy (non-hydrogen) atoms. The van der Waals surface area contributed by atoms with Crippen LogP contribution in [0.5, 0.6) is 0 Å². The first-order chi connectivity index (χ1) is 8.26. The van der Waals surface area contributed by atoms with Crippen molar-refractivity contribution in [3.8, 4) is 0 Å². The van der Waals surface area contributed by atoms with E-state index >= 15 is 0 Å². The highest BCUT2D eigenvalue weighted by atomic mass is 16.1. The molecule has 0 saturated heterocycles. The lowest BCUT2D eigenvalue weighted by molar-refractivity contribution is -0.120. The minimum absolute atomic E-state index is 0.0895. The topological polar surface area (TPSA) is 55.1 Å². The highest BCUT2D eigenvalue weighted by Crippen LogP contribution is 2.05. The maximum absolute atomic E-state index is 11.7. The zero-order valence-electron chi connectivity index (χ0n) is 10.5. The van der Waals surface area contributed by atoms with Crippen LogP contribution in [0.2, 0.25) is 0 Å². The first kappa shape index (κ1) is 13.7. The second-order valence-corrected chi connectivity index (χ2v) is 4.32. The van der Waals surface area contributed by atoms with Crippen LogP contribution in [0.3, 0.4) is 0 Å². The van der Waals surface area contributed by atoms with Gasteiger partial charge in [-0.2, -0.15) is 0 Å². The van der Waals surface area contributed by atoms with Gasteiger partial charge in [-0.3, -0.25) is 4.79 Å². The molecular formula is C14H22N2O. The van der Waals surface area contributed by atoms with Crippen molar-refractivity contribution < 1.29 is 4.79 Å². The molecule has 0 aromatic heterocycles. The van der Waals surface area contributed by atoms with Gasteiger partial charge in [0.05, 0.1) is 6.42 Å². The van der Waals surface area contributed by atoms with Gasteiger partial charge in [-0.1, -0.05) is 43.7 Å². The minimum Gasteiger partial charge on any atom is -0.356 e. The van der Waals surface area contributed by atoms with Crippen LogP contribution in [-0.4, -0.2) is 19.0 Å². The number of carbonyl (C=O) groups is 1. The summed E-state index contributed by atoms with van der Waals surface area (Å²) in [4.78, 5) is 11.7. The Balaban J connectivity index is 2.30. The van der Waals surface area contributed by atoms with Gasteiger partial charge < -0.3 is 11.1 Å². The van der Waals surface area contributed by atoms with E-state index < -0.39 is 0 Å². The molecule has 0 bridgehead atoms. The van der Waals surface area contributed by atoms with Crippen molar-refractivity contribution in [2.24, 2.45) is 11.7 Å². The van der Waals surface area contributed by atoms with Gasteiger partial charge in [-0.05, 0) is 24.4 Å². The molecule has 3 nitrogen and oxygen atoms in total. The zero-order valence-corrected chi connectivity index (χ0v) is 10.5. The van der Waals surface area contributed by atoms with Gasteiger partial charge in [-0.15, -0.1) is 0 Å². The van der Waals surface area contributed by atoms with Crippen LogP contribution in [0, 0.1) is 5.92 Å². The average Bonchev–Trinajstić information content (AvgIpc) is 2.35. The monoisotopic (exact) mass is 234 g/mol. The molecule has 1 amide bonds. The molecule has 1 aromatic rings. The van der Waals surface area contributed by atoms with E-state index in [1.165, 1.54) is 0 Å². The lowest BCUT2D eigenvalue weighted by Crippen LogP contribution is -2.31. The smallest absolute Gasteiger partial charge is 0.224 e. The summed E-state index contributed by atoms with van der Waals surface area (Å²) >= 11 is 0. The second-order valence-electron chi connectivity index (χ2n) is 4.32. The van der Waals surface area contributed by atoms with Crippen LogP contribution < -0.4 is 11.1 Å². The van der Waals surface area contributed by atoms with Gasteiger partial charge in [0.15, 0.2) is 0 Å². The third kappa shape index (κ3) is 5.50. The lowest BCUT2D eigenvalue weighted by Gasteiger charge is -2.14. The maximum Gasteiger partial charge on any atom is 0.224 e. The summed E-state index contributed by atoms with van der Waals surface area (Å²) in [6.45, 7) is 3.55. The van der Waals surface area contributed by atoms with E-state index in [9.17, 15) is 4.79 Å². The number of rotatable bonds is 7. The molecule has 0 aliphatic rings. The summed E-state index contributed by atoms with van der Waals surface area (Å²) in [6, 6.07) is 9.79. The summed E-state index contributed by atoms with van der Waals surface area (Å²) in [7, 11) is 0. The Morgan fingerprint density at radius 1 is 1.35 bits per heavy atom. The van der Waals surface area contributed by atoms with Crippen molar-refractivity contribution in [3.05, 3.63) is 35.9 Å². The highest BCUT2D eigenvalue weighted by molar-refractivity contribution is 5.78. The Kier molecular flexibility index (Phi) is 6.33. The van der Waals surface area contributed by atoms with E-state index in [1.807, 2.05) is 30.3 Å². The Morgan fingerprint density at radius 3 is 2.65 bits per heavy atom. The molecule has 0 heterocycles. The van der Waals surface area contributed by atoms with E-state index in [2.05, 4.69) is 12.2 Å². The van der Waals surface area contributed by atoms with Crippen LogP contribution in [0.25, 0.3) is 0 Å². The van der Waals surface area contributed by atoms with Gasteiger partial charge in [0.25, 0.3) is 0 Å². The fourth-order valence-electron chi connectivity index (χ4n) is 1.79. The molecule has 1 aromatic carbocycles. The zero-order chi connectivity index (χ0) is 12.5. The third-order valence-corrected chi connectivity index (χ3v) is 2.95. The van der Waals surface area contributed by atoms with E-state index in [-0.39, 0.29) is 5.91 Å². The van der Waals surface area contributed by atoms with Crippen molar-refractivity contribution in [1.82, 2.24) is 5.32 Å². The van der Waals surface area contributed by atoms with Crippen molar-refractivity contribution in [3.63, 3.8) is 0 Å². The SMILES string of the molecule is CCC(CCN)CNC(=O)Cc1ccccc1. The fourth-order valence-corrected chi connectivity index (χ4v) is 1.79. The summed E-state index contributed by atoms with van der Waals surface area (Å²) in [5, 5.41) is 2.97. The standard InChI is InChI=1S/C14H22N2O/c1-2-12(8-9-15)11-16-14(17)10-13-6-4-3-5-7-13/h3-7,12H,2,8-11,15H2,1H3,(H,16,17). The van der Waals surface area contributed by atoms with Crippen LogP contribution in [-0.2, 0) is 11.2 Å². The molecule has 94 valence electrons. The lowest BCUT2D eigenvalue weighted by atomic mass is 10.0. The largest absolute Gasteiger partial charge is 0.356 e. The summed E-state index contributed by atoms with van der Waals surface area (Å²) in [6.07, 6.45) is 2.49. The number of nitrogens with one attached hydrogen (secondary N) is 1. The molecule has 1 rings (SSSR count). The Morgan fingerprint density at radius 2 is 2.06 bits per heavy atom. The van der Waals surface area contributed by atoms with Crippen LogP contribution in [0.4, 0.5) is 0 Å². The number of nitrogens with two attached hydrogens (primary N) is 1. The van der Waals surface area contributed by atoms with E-state index in [0.717, 1.165) is 24.9 Å². The van der Waals surface area contributed by atoms with Crippen molar-refractivity contribution in [2.75, 3.05) is 13.1 Å². The number of hydrogen-bond donors (Lipinski definition) is 2. The molecule has 1 atom stereocenters. The van der Waals surface area contributed by atoms with Crippen molar-refractivity contribution >= 4 is 5.91 Å². The first-order valence-electron chi connectivity index (χ1n) is 6.27. The number of benzene rings is 1. The van der Waals surface area contributed by atoms with Crippen LogP contribution in [0.1, 0.15) is 25.3 Å². The van der Waals surface area contributed by atoms with E-state index in [0.29, 0.717) is 18.9 Å². The summed E-state index contributed by atoms with van der Waals surface area (Å²) in [5.41, 5.74) is 6.57. The maximum atomic E-state index is 11.7. The van der Waals surface area contributed by atoms with Crippen LogP contribution in [0.15, 0.2) is 30.3 Å². The Hall–Kier alpha value is -1.35. The van der Waals surface area contributed by atoms with Gasteiger partial charge in [-0.25, -0.2) is 0 Å². The van der Waals surface area contributed by atoms with E-state index in [4.69, 9.17) is 5.73 Å². The molecule has 1 unspecified atom stereocenters. The molecule has 0 aliphatic carbocycles.